The Morgan fingerprint density at radius 1 is 1.56 bits per heavy atom. The largest absolute Gasteiger partial charge is 0.379 e. The second kappa shape index (κ2) is 5.56. The molecule has 0 saturated carbocycles. The second-order valence-electron chi connectivity index (χ2n) is 3.93. The van der Waals surface area contributed by atoms with Gasteiger partial charge in [-0.1, -0.05) is 11.3 Å². The van der Waals surface area contributed by atoms with Crippen LogP contribution in [-0.4, -0.2) is 47.4 Å². The molecule has 1 atom stereocenters. The van der Waals surface area contributed by atoms with Gasteiger partial charge in [-0.15, -0.1) is 10.2 Å². The Morgan fingerprint density at radius 2 is 2.44 bits per heavy atom. The second-order valence-corrected chi connectivity index (χ2v) is 4.99. The van der Waals surface area contributed by atoms with Gasteiger partial charge in [0.05, 0.1) is 19.8 Å². The summed E-state index contributed by atoms with van der Waals surface area (Å²) in [5.41, 5.74) is 0. The molecule has 0 bridgehead atoms. The summed E-state index contributed by atoms with van der Waals surface area (Å²) in [7, 11) is 0. The highest BCUT2D eigenvalue weighted by Gasteiger charge is 2.20. The molecule has 1 aromatic heterocycles. The van der Waals surface area contributed by atoms with Crippen LogP contribution < -0.4 is 5.32 Å². The monoisotopic (exact) mass is 242 g/mol. The van der Waals surface area contributed by atoms with Crippen molar-refractivity contribution in [1.29, 1.82) is 0 Å². The van der Waals surface area contributed by atoms with E-state index in [9.17, 15) is 0 Å². The molecule has 1 fully saturated rings. The third-order valence-corrected chi connectivity index (χ3v) is 3.50. The lowest BCUT2D eigenvalue weighted by molar-refractivity contribution is -0.00446. The van der Waals surface area contributed by atoms with E-state index in [1.165, 1.54) is 0 Å². The van der Waals surface area contributed by atoms with Gasteiger partial charge in [0, 0.05) is 19.1 Å². The highest BCUT2D eigenvalue weighted by atomic mass is 32.1. The fraction of sp³-hybridized carbons (Fsp3) is 0.800. The van der Waals surface area contributed by atoms with Gasteiger partial charge in [0.25, 0.3) is 0 Å². The Kier molecular flexibility index (Phi) is 4.09. The number of hydrogen-bond acceptors (Lipinski definition) is 6. The zero-order chi connectivity index (χ0) is 11.4. The van der Waals surface area contributed by atoms with Crippen molar-refractivity contribution in [1.82, 2.24) is 15.1 Å². The zero-order valence-electron chi connectivity index (χ0n) is 9.77. The molecule has 0 aliphatic carbocycles. The molecule has 5 nitrogen and oxygen atoms in total. The van der Waals surface area contributed by atoms with Gasteiger partial charge in [-0.3, -0.25) is 4.90 Å². The van der Waals surface area contributed by atoms with Crippen molar-refractivity contribution in [2.24, 2.45) is 0 Å². The first-order valence-electron chi connectivity index (χ1n) is 5.67. The Morgan fingerprint density at radius 3 is 3.19 bits per heavy atom. The van der Waals surface area contributed by atoms with Gasteiger partial charge in [0.15, 0.2) is 0 Å². The summed E-state index contributed by atoms with van der Waals surface area (Å²) in [5.74, 6) is 0. The zero-order valence-corrected chi connectivity index (χ0v) is 10.6. The Hall–Kier alpha value is -0.720. The van der Waals surface area contributed by atoms with Crippen molar-refractivity contribution in [3.63, 3.8) is 0 Å². The van der Waals surface area contributed by atoms with E-state index in [0.717, 1.165) is 43.0 Å². The molecule has 1 aliphatic heterocycles. The summed E-state index contributed by atoms with van der Waals surface area (Å²) in [6, 6.07) is 0.472. The number of aromatic nitrogens is 2. The van der Waals surface area contributed by atoms with E-state index < -0.39 is 0 Å². The van der Waals surface area contributed by atoms with Gasteiger partial charge >= 0.3 is 0 Å². The number of ether oxygens (including phenoxy) is 1. The highest BCUT2D eigenvalue weighted by molar-refractivity contribution is 7.15. The number of morpholine rings is 1. The molecule has 1 unspecified atom stereocenters. The predicted molar refractivity (Wildman–Crippen MR) is 64.8 cm³/mol. The van der Waals surface area contributed by atoms with Crippen LogP contribution in [0.3, 0.4) is 0 Å². The minimum atomic E-state index is 0.472. The van der Waals surface area contributed by atoms with Crippen molar-refractivity contribution < 1.29 is 4.74 Å². The van der Waals surface area contributed by atoms with Crippen LogP contribution in [0.4, 0.5) is 5.13 Å². The number of anilines is 1. The maximum Gasteiger partial charge on any atom is 0.205 e. The van der Waals surface area contributed by atoms with Crippen molar-refractivity contribution in [3.8, 4) is 0 Å². The molecule has 1 aliphatic rings. The first kappa shape index (κ1) is 11.8. The molecule has 0 spiro atoms. The molecule has 0 amide bonds. The first-order valence-corrected chi connectivity index (χ1v) is 6.49. The number of hydrogen-bond donors (Lipinski definition) is 1. The van der Waals surface area contributed by atoms with Crippen molar-refractivity contribution >= 4 is 16.5 Å². The van der Waals surface area contributed by atoms with E-state index in [-0.39, 0.29) is 0 Å². The summed E-state index contributed by atoms with van der Waals surface area (Å²) in [5, 5.41) is 13.4. The van der Waals surface area contributed by atoms with Crippen LogP contribution in [0, 0.1) is 0 Å². The van der Waals surface area contributed by atoms with Crippen molar-refractivity contribution in [2.75, 3.05) is 31.6 Å². The number of nitrogens with one attached hydrogen (secondary N) is 1. The van der Waals surface area contributed by atoms with Crippen LogP contribution in [0.1, 0.15) is 18.9 Å². The van der Waals surface area contributed by atoms with Crippen LogP contribution in [0.2, 0.25) is 0 Å². The molecular weight excluding hydrogens is 224 g/mol. The topological polar surface area (TPSA) is 50.3 Å². The summed E-state index contributed by atoms with van der Waals surface area (Å²) in [6.45, 7) is 8.64. The molecule has 90 valence electrons. The van der Waals surface area contributed by atoms with Gasteiger partial charge in [-0.05, 0) is 13.8 Å². The number of rotatable bonds is 4. The molecule has 0 aromatic carbocycles. The predicted octanol–water partition coefficient (Wildman–Crippen LogP) is 1.19. The Labute approximate surface area is 99.8 Å². The van der Waals surface area contributed by atoms with Gasteiger partial charge in [-0.25, -0.2) is 0 Å². The standard InChI is InChI=1S/C10H18N4OS/c1-3-11-10-13-12-9(16-10)6-14-4-5-15-7-8(14)2/h8H,3-7H2,1-2H3,(H,11,13). The lowest BCUT2D eigenvalue weighted by atomic mass is 10.2. The van der Waals surface area contributed by atoms with Crippen LogP contribution in [0.25, 0.3) is 0 Å². The molecule has 16 heavy (non-hydrogen) atoms. The molecule has 0 radical (unpaired) electrons. The fourth-order valence-corrected chi connectivity index (χ4v) is 2.54. The van der Waals surface area contributed by atoms with Crippen molar-refractivity contribution in [3.05, 3.63) is 5.01 Å². The SMILES string of the molecule is CCNc1nnc(CN2CCOCC2C)s1. The average Bonchev–Trinajstić information content (AvgIpc) is 2.70. The highest BCUT2D eigenvalue weighted by Crippen LogP contribution is 2.18. The lowest BCUT2D eigenvalue weighted by Gasteiger charge is -2.32. The third kappa shape index (κ3) is 2.90. The average molecular weight is 242 g/mol. The van der Waals surface area contributed by atoms with E-state index in [4.69, 9.17) is 4.74 Å². The maximum atomic E-state index is 5.41. The Bertz CT molecular complexity index is 330. The van der Waals surface area contributed by atoms with Crippen LogP contribution in [-0.2, 0) is 11.3 Å². The molecule has 1 N–H and O–H groups in total. The van der Waals surface area contributed by atoms with E-state index in [1.54, 1.807) is 11.3 Å². The maximum absolute atomic E-state index is 5.41. The summed E-state index contributed by atoms with van der Waals surface area (Å²) >= 11 is 1.64. The molecule has 1 aromatic rings. The first-order chi connectivity index (χ1) is 7.79. The Balaban J connectivity index is 1.91. The summed E-state index contributed by atoms with van der Waals surface area (Å²) in [4.78, 5) is 2.39. The van der Waals surface area contributed by atoms with E-state index in [1.807, 2.05) is 0 Å². The van der Waals surface area contributed by atoms with Crippen LogP contribution in [0.15, 0.2) is 0 Å². The summed E-state index contributed by atoms with van der Waals surface area (Å²) < 4.78 is 5.41. The van der Waals surface area contributed by atoms with Gasteiger partial charge in [0.1, 0.15) is 5.01 Å². The van der Waals surface area contributed by atoms with E-state index in [0.29, 0.717) is 6.04 Å². The van der Waals surface area contributed by atoms with Crippen LogP contribution >= 0.6 is 11.3 Å². The third-order valence-electron chi connectivity index (χ3n) is 2.64. The normalized spacial score (nSPS) is 22.2. The molecule has 2 rings (SSSR count). The molecule has 2 heterocycles. The molecule has 6 heteroatoms. The summed E-state index contributed by atoms with van der Waals surface area (Å²) in [6.07, 6.45) is 0. The molecule has 1 saturated heterocycles. The minimum absolute atomic E-state index is 0.472. The lowest BCUT2D eigenvalue weighted by Crippen LogP contribution is -2.42. The minimum Gasteiger partial charge on any atom is -0.379 e. The van der Waals surface area contributed by atoms with Gasteiger partial charge in [-0.2, -0.15) is 0 Å². The van der Waals surface area contributed by atoms with Crippen molar-refractivity contribution in [2.45, 2.75) is 26.4 Å². The van der Waals surface area contributed by atoms with Gasteiger partial charge < -0.3 is 10.1 Å². The van der Waals surface area contributed by atoms with Gasteiger partial charge in [0.2, 0.25) is 5.13 Å². The number of nitrogens with zero attached hydrogens (tertiary/aromatic N) is 3. The fourth-order valence-electron chi connectivity index (χ4n) is 1.71. The van der Waals surface area contributed by atoms with Crippen LogP contribution in [0.5, 0.6) is 0 Å². The quantitative estimate of drug-likeness (QED) is 0.859. The van der Waals surface area contributed by atoms with E-state index in [2.05, 4.69) is 34.3 Å². The molecular formula is C10H18N4OS. The van der Waals surface area contributed by atoms with E-state index >= 15 is 0 Å². The smallest absolute Gasteiger partial charge is 0.205 e.